The van der Waals surface area contributed by atoms with Crippen LogP contribution in [0, 0.1) is 0 Å². The number of nitrogens with one attached hydrogen (secondary N) is 2. The number of nitrogens with zero attached hydrogens (tertiary/aromatic N) is 5. The van der Waals surface area contributed by atoms with Crippen molar-refractivity contribution < 1.29 is 4.79 Å². The lowest BCUT2D eigenvalue weighted by Crippen LogP contribution is -2.44. The maximum atomic E-state index is 11.7. The van der Waals surface area contributed by atoms with Gasteiger partial charge in [0.25, 0.3) is 0 Å². The molecule has 8 nitrogen and oxygen atoms in total. The third kappa shape index (κ3) is 5.15. The number of para-hydroxylation sites is 1. The monoisotopic (exact) mass is 499 g/mol. The molecule has 0 saturated carbocycles. The van der Waals surface area contributed by atoms with Crippen molar-refractivity contribution in [2.45, 2.75) is 0 Å². The molecule has 1 aliphatic rings. The topological polar surface area (TPSA) is 86.3 Å². The number of fused-ring (bicyclic) bond motifs is 1. The van der Waals surface area contributed by atoms with Crippen LogP contribution in [0.1, 0.15) is 0 Å². The molecule has 2 aromatic heterocycles. The standard InChI is InChI=1S/C27H26ClN7O/c1-3-24(36)31-20-8-4-6-18(14-20)22-9-5-7-19-16-30-27(33-25(19)22)32-21-15-23(28)26(29-17-21)35-12-10-34(2)11-13-35/h3-9,14-17H,1,10-13H2,2H3,(H,31,36)(H,30,32,33). The van der Waals surface area contributed by atoms with E-state index in [9.17, 15) is 4.79 Å². The number of pyridine rings is 1. The van der Waals surface area contributed by atoms with Crippen molar-refractivity contribution in [2.24, 2.45) is 0 Å². The van der Waals surface area contributed by atoms with Crippen molar-refractivity contribution in [2.75, 3.05) is 48.8 Å². The molecule has 1 saturated heterocycles. The average Bonchev–Trinajstić information content (AvgIpc) is 2.89. The highest BCUT2D eigenvalue weighted by atomic mass is 35.5. The quantitative estimate of drug-likeness (QED) is 0.362. The Morgan fingerprint density at radius 2 is 1.83 bits per heavy atom. The van der Waals surface area contributed by atoms with E-state index in [2.05, 4.69) is 44.0 Å². The number of hydrogen-bond acceptors (Lipinski definition) is 7. The Labute approximate surface area is 214 Å². The zero-order valence-electron chi connectivity index (χ0n) is 19.9. The maximum Gasteiger partial charge on any atom is 0.247 e. The predicted octanol–water partition coefficient (Wildman–Crippen LogP) is 4.97. The molecule has 0 aliphatic carbocycles. The molecule has 2 N–H and O–H groups in total. The van der Waals surface area contributed by atoms with Crippen LogP contribution in [0.2, 0.25) is 5.02 Å². The van der Waals surface area contributed by atoms with E-state index in [1.165, 1.54) is 6.08 Å². The summed E-state index contributed by atoms with van der Waals surface area (Å²) >= 11 is 6.59. The van der Waals surface area contributed by atoms with Crippen LogP contribution in [0.15, 0.2) is 73.6 Å². The largest absolute Gasteiger partial charge is 0.353 e. The summed E-state index contributed by atoms with van der Waals surface area (Å²) in [4.78, 5) is 30.1. The second-order valence-electron chi connectivity index (χ2n) is 8.66. The van der Waals surface area contributed by atoms with E-state index in [4.69, 9.17) is 16.6 Å². The summed E-state index contributed by atoms with van der Waals surface area (Å²) < 4.78 is 0. The third-order valence-electron chi connectivity index (χ3n) is 6.12. The van der Waals surface area contributed by atoms with Crippen molar-refractivity contribution >= 4 is 51.6 Å². The number of piperazine rings is 1. The Hall–Kier alpha value is -4.01. The lowest BCUT2D eigenvalue weighted by atomic mass is 10.0. The minimum Gasteiger partial charge on any atom is -0.353 e. The maximum absolute atomic E-state index is 11.7. The van der Waals surface area contributed by atoms with Gasteiger partial charge in [-0.1, -0.05) is 48.5 Å². The molecule has 0 spiro atoms. The number of hydrogen-bond donors (Lipinski definition) is 2. The number of likely N-dealkylation sites (N-methyl/N-ethyl adjacent to an activating group) is 1. The minimum absolute atomic E-state index is 0.259. The number of halogens is 1. The molecule has 5 rings (SSSR count). The van der Waals surface area contributed by atoms with Crippen LogP contribution in [0.25, 0.3) is 22.0 Å². The number of amides is 1. The van der Waals surface area contributed by atoms with Gasteiger partial charge in [0, 0.05) is 49.0 Å². The normalized spacial score (nSPS) is 14.0. The minimum atomic E-state index is -0.259. The fourth-order valence-corrected chi connectivity index (χ4v) is 4.47. The average molecular weight is 500 g/mol. The first-order chi connectivity index (χ1) is 17.5. The predicted molar refractivity (Wildman–Crippen MR) is 146 cm³/mol. The molecule has 0 bridgehead atoms. The molecular weight excluding hydrogens is 474 g/mol. The van der Waals surface area contributed by atoms with Crippen molar-refractivity contribution in [1.29, 1.82) is 0 Å². The summed E-state index contributed by atoms with van der Waals surface area (Å²) in [5, 5.41) is 7.53. The van der Waals surface area contributed by atoms with Crippen LogP contribution in [0.5, 0.6) is 0 Å². The molecular formula is C27H26ClN7O. The number of carbonyl (C=O) groups is 1. The lowest BCUT2D eigenvalue weighted by Gasteiger charge is -2.33. The summed E-state index contributed by atoms with van der Waals surface area (Å²) in [5.74, 6) is 0.974. The second-order valence-corrected chi connectivity index (χ2v) is 9.06. The Balaban J connectivity index is 1.42. The van der Waals surface area contributed by atoms with Crippen molar-refractivity contribution in [3.63, 3.8) is 0 Å². The van der Waals surface area contributed by atoms with Gasteiger partial charge in [-0.15, -0.1) is 0 Å². The molecule has 2 aromatic carbocycles. The molecule has 1 amide bonds. The van der Waals surface area contributed by atoms with Crippen LogP contribution >= 0.6 is 11.6 Å². The fraction of sp³-hybridized carbons (Fsp3) is 0.185. The highest BCUT2D eigenvalue weighted by Gasteiger charge is 2.18. The molecule has 0 unspecified atom stereocenters. The van der Waals surface area contributed by atoms with Gasteiger partial charge in [0.1, 0.15) is 5.82 Å². The molecule has 4 aromatic rings. The van der Waals surface area contributed by atoms with E-state index in [1.807, 2.05) is 48.5 Å². The van der Waals surface area contributed by atoms with Gasteiger partial charge in [-0.2, -0.15) is 0 Å². The van der Waals surface area contributed by atoms with E-state index >= 15 is 0 Å². The summed E-state index contributed by atoms with van der Waals surface area (Å²) in [5.41, 5.74) is 4.03. The highest BCUT2D eigenvalue weighted by Crippen LogP contribution is 2.31. The summed E-state index contributed by atoms with van der Waals surface area (Å²) in [6.45, 7) is 7.26. The summed E-state index contributed by atoms with van der Waals surface area (Å²) in [6.07, 6.45) is 4.78. The van der Waals surface area contributed by atoms with E-state index in [-0.39, 0.29) is 5.91 Å². The molecule has 36 heavy (non-hydrogen) atoms. The van der Waals surface area contributed by atoms with Crippen molar-refractivity contribution in [3.8, 4) is 11.1 Å². The van der Waals surface area contributed by atoms with Crippen molar-refractivity contribution in [3.05, 3.63) is 78.6 Å². The molecule has 9 heteroatoms. The number of carbonyl (C=O) groups excluding carboxylic acids is 1. The van der Waals surface area contributed by atoms with Gasteiger partial charge in [-0.25, -0.2) is 15.0 Å². The van der Waals surface area contributed by atoms with Crippen LogP contribution < -0.4 is 15.5 Å². The Morgan fingerprint density at radius 1 is 1.03 bits per heavy atom. The first kappa shape index (κ1) is 23.7. The van der Waals surface area contributed by atoms with Crippen LogP contribution in [0.4, 0.5) is 23.1 Å². The summed E-state index contributed by atoms with van der Waals surface area (Å²) in [6, 6.07) is 15.4. The molecule has 1 aliphatic heterocycles. The van der Waals surface area contributed by atoms with Gasteiger partial charge in [-0.05, 0) is 36.9 Å². The van der Waals surface area contributed by atoms with Gasteiger partial charge < -0.3 is 20.4 Å². The van der Waals surface area contributed by atoms with Gasteiger partial charge in [0.05, 0.1) is 22.4 Å². The van der Waals surface area contributed by atoms with Crippen molar-refractivity contribution in [1.82, 2.24) is 19.9 Å². The Bertz CT molecular complexity index is 1430. The summed E-state index contributed by atoms with van der Waals surface area (Å²) in [7, 11) is 2.12. The molecule has 3 heterocycles. The van der Waals surface area contributed by atoms with Gasteiger partial charge in [-0.3, -0.25) is 4.79 Å². The molecule has 182 valence electrons. The molecule has 1 fully saturated rings. The van der Waals surface area contributed by atoms with Crippen LogP contribution in [0.3, 0.4) is 0 Å². The number of benzene rings is 2. The molecule has 0 radical (unpaired) electrons. The van der Waals surface area contributed by atoms with Crippen LogP contribution in [-0.4, -0.2) is 59.0 Å². The number of aromatic nitrogens is 3. The van der Waals surface area contributed by atoms with E-state index in [0.717, 1.165) is 54.0 Å². The van der Waals surface area contributed by atoms with Gasteiger partial charge in [0.2, 0.25) is 11.9 Å². The Kier molecular flexibility index (Phi) is 6.79. The van der Waals surface area contributed by atoms with Crippen LogP contribution in [-0.2, 0) is 4.79 Å². The molecule has 0 atom stereocenters. The number of anilines is 4. The second kappa shape index (κ2) is 10.3. The van der Waals surface area contributed by atoms with E-state index in [0.29, 0.717) is 22.3 Å². The zero-order valence-corrected chi connectivity index (χ0v) is 20.7. The third-order valence-corrected chi connectivity index (χ3v) is 6.40. The van der Waals surface area contributed by atoms with E-state index < -0.39 is 0 Å². The number of rotatable bonds is 6. The zero-order chi connectivity index (χ0) is 25.1. The lowest BCUT2D eigenvalue weighted by molar-refractivity contribution is -0.111. The first-order valence-electron chi connectivity index (χ1n) is 11.7. The Morgan fingerprint density at radius 3 is 2.61 bits per heavy atom. The highest BCUT2D eigenvalue weighted by molar-refractivity contribution is 6.33. The van der Waals surface area contributed by atoms with Gasteiger partial charge >= 0.3 is 0 Å². The SMILES string of the molecule is C=CC(=O)Nc1cccc(-c2cccc3cnc(Nc4cnc(N5CCN(C)CC5)c(Cl)c4)nc23)c1. The first-order valence-corrected chi connectivity index (χ1v) is 12.0. The van der Waals surface area contributed by atoms with E-state index in [1.54, 1.807) is 12.4 Å². The van der Waals surface area contributed by atoms with Gasteiger partial charge in [0.15, 0.2) is 0 Å². The smallest absolute Gasteiger partial charge is 0.247 e. The fourth-order valence-electron chi connectivity index (χ4n) is 4.19.